The summed E-state index contributed by atoms with van der Waals surface area (Å²) in [6.45, 7) is 2.64. The second-order valence-electron chi connectivity index (χ2n) is 8.77. The summed E-state index contributed by atoms with van der Waals surface area (Å²) in [6.07, 6.45) is 5.40. The average Bonchev–Trinajstić information content (AvgIpc) is 3.09. The first kappa shape index (κ1) is 23.7. The predicted molar refractivity (Wildman–Crippen MR) is 127 cm³/mol. The van der Waals surface area contributed by atoms with Gasteiger partial charge in [-0.2, -0.15) is 0 Å². The molecule has 1 heterocycles. The zero-order chi connectivity index (χ0) is 24.1. The van der Waals surface area contributed by atoms with Gasteiger partial charge < -0.3 is 15.0 Å². The standard InChI is InChI=1S/C26H30FN3O4/c1-2-16-34-22-14-10-19(11-15-22)28-24(31)17-23-25(32)30(21-12-8-18(27)9-13-21)26(33)29(23)20-6-4-3-5-7-20/h8-15,20,23H,2-7,16-17H2,1H3,(H,28,31)/t23-/m0/s1. The Balaban J connectivity index is 1.51. The van der Waals surface area contributed by atoms with Gasteiger partial charge in [0.25, 0.3) is 5.91 Å². The molecule has 1 aliphatic heterocycles. The molecule has 4 amide bonds. The Morgan fingerprint density at radius 3 is 2.35 bits per heavy atom. The Labute approximate surface area is 198 Å². The molecular formula is C26H30FN3O4. The van der Waals surface area contributed by atoms with Crippen LogP contribution in [0.15, 0.2) is 48.5 Å². The molecule has 1 N–H and O–H groups in total. The number of urea groups is 1. The summed E-state index contributed by atoms with van der Waals surface area (Å²) < 4.78 is 19.0. The van der Waals surface area contributed by atoms with Gasteiger partial charge in [0.2, 0.25) is 5.91 Å². The fraction of sp³-hybridized carbons (Fsp3) is 0.423. The molecule has 1 saturated carbocycles. The van der Waals surface area contributed by atoms with Gasteiger partial charge in [-0.3, -0.25) is 9.59 Å². The lowest BCUT2D eigenvalue weighted by atomic mass is 9.93. The smallest absolute Gasteiger partial charge is 0.332 e. The molecule has 2 aromatic rings. The van der Waals surface area contributed by atoms with E-state index in [1.54, 1.807) is 29.2 Å². The lowest BCUT2D eigenvalue weighted by molar-refractivity contribution is -0.125. The van der Waals surface area contributed by atoms with Crippen molar-refractivity contribution in [3.63, 3.8) is 0 Å². The number of halogens is 1. The first-order valence-corrected chi connectivity index (χ1v) is 11.9. The highest BCUT2D eigenvalue weighted by atomic mass is 19.1. The van der Waals surface area contributed by atoms with Crippen LogP contribution in [0.3, 0.4) is 0 Å². The normalized spacial score (nSPS) is 18.9. The van der Waals surface area contributed by atoms with E-state index in [0.717, 1.165) is 49.2 Å². The average molecular weight is 468 g/mol. The van der Waals surface area contributed by atoms with Gasteiger partial charge in [0.05, 0.1) is 18.7 Å². The van der Waals surface area contributed by atoms with E-state index in [2.05, 4.69) is 5.32 Å². The van der Waals surface area contributed by atoms with Crippen LogP contribution in [0.2, 0.25) is 0 Å². The minimum atomic E-state index is -0.896. The van der Waals surface area contributed by atoms with E-state index < -0.39 is 23.8 Å². The van der Waals surface area contributed by atoms with Crippen LogP contribution in [-0.4, -0.2) is 41.4 Å². The van der Waals surface area contributed by atoms with Gasteiger partial charge >= 0.3 is 6.03 Å². The summed E-state index contributed by atoms with van der Waals surface area (Å²) in [4.78, 5) is 42.3. The summed E-state index contributed by atoms with van der Waals surface area (Å²) >= 11 is 0. The van der Waals surface area contributed by atoms with Crippen molar-refractivity contribution in [2.45, 2.75) is 64.0 Å². The Hall–Kier alpha value is -3.42. The van der Waals surface area contributed by atoms with E-state index in [9.17, 15) is 18.8 Å². The van der Waals surface area contributed by atoms with Crippen molar-refractivity contribution < 1.29 is 23.5 Å². The predicted octanol–water partition coefficient (Wildman–Crippen LogP) is 5.11. The molecule has 2 aliphatic rings. The van der Waals surface area contributed by atoms with Crippen molar-refractivity contribution in [2.24, 2.45) is 0 Å². The van der Waals surface area contributed by atoms with Gasteiger partial charge in [0.15, 0.2) is 0 Å². The van der Waals surface area contributed by atoms with Crippen molar-refractivity contribution in [1.82, 2.24) is 4.90 Å². The maximum absolute atomic E-state index is 13.4. The summed E-state index contributed by atoms with van der Waals surface area (Å²) in [7, 11) is 0. The molecular weight excluding hydrogens is 437 g/mol. The van der Waals surface area contributed by atoms with E-state index in [1.165, 1.54) is 24.3 Å². The van der Waals surface area contributed by atoms with Gasteiger partial charge in [-0.15, -0.1) is 0 Å². The monoisotopic (exact) mass is 467 g/mol. The number of carbonyl (C=O) groups excluding carboxylic acids is 3. The van der Waals surface area contributed by atoms with E-state index in [4.69, 9.17) is 4.74 Å². The largest absolute Gasteiger partial charge is 0.494 e. The third kappa shape index (κ3) is 5.21. The van der Waals surface area contributed by atoms with E-state index >= 15 is 0 Å². The number of ether oxygens (including phenoxy) is 1. The van der Waals surface area contributed by atoms with E-state index in [-0.39, 0.29) is 18.4 Å². The van der Waals surface area contributed by atoms with Gasteiger partial charge in [-0.05, 0) is 67.8 Å². The van der Waals surface area contributed by atoms with Crippen LogP contribution in [0.4, 0.5) is 20.6 Å². The SMILES string of the molecule is CCCOc1ccc(NC(=O)C[C@H]2C(=O)N(c3ccc(F)cc3)C(=O)N2C2CCCCC2)cc1. The first-order chi connectivity index (χ1) is 16.5. The number of benzene rings is 2. The van der Waals surface area contributed by atoms with Crippen LogP contribution in [0, 0.1) is 5.82 Å². The molecule has 0 bridgehead atoms. The van der Waals surface area contributed by atoms with Gasteiger partial charge in [0.1, 0.15) is 17.6 Å². The highest BCUT2D eigenvalue weighted by molar-refractivity contribution is 6.22. The molecule has 7 nitrogen and oxygen atoms in total. The maximum Gasteiger partial charge on any atom is 0.332 e. The second-order valence-corrected chi connectivity index (χ2v) is 8.77. The molecule has 0 radical (unpaired) electrons. The van der Waals surface area contributed by atoms with E-state index in [1.807, 2.05) is 6.92 Å². The molecule has 180 valence electrons. The zero-order valence-corrected chi connectivity index (χ0v) is 19.3. The molecule has 2 aromatic carbocycles. The number of amides is 4. The van der Waals surface area contributed by atoms with Crippen LogP contribution < -0.4 is 15.0 Å². The van der Waals surface area contributed by atoms with Crippen molar-refractivity contribution >= 4 is 29.2 Å². The number of anilines is 2. The Morgan fingerprint density at radius 1 is 1.03 bits per heavy atom. The fourth-order valence-corrected chi connectivity index (χ4v) is 4.64. The van der Waals surface area contributed by atoms with Crippen LogP contribution in [-0.2, 0) is 9.59 Å². The van der Waals surface area contributed by atoms with Crippen LogP contribution in [0.1, 0.15) is 51.9 Å². The molecule has 0 spiro atoms. The molecule has 2 fully saturated rings. The Morgan fingerprint density at radius 2 is 1.71 bits per heavy atom. The molecule has 34 heavy (non-hydrogen) atoms. The van der Waals surface area contributed by atoms with Crippen molar-refractivity contribution in [3.8, 4) is 5.75 Å². The van der Waals surface area contributed by atoms with Gasteiger partial charge in [0, 0.05) is 11.7 Å². The van der Waals surface area contributed by atoms with Crippen LogP contribution in [0.5, 0.6) is 5.75 Å². The minimum absolute atomic E-state index is 0.0940. The first-order valence-electron chi connectivity index (χ1n) is 11.9. The Bertz CT molecular complexity index is 1020. The third-order valence-corrected chi connectivity index (χ3v) is 6.30. The number of nitrogens with one attached hydrogen (secondary N) is 1. The number of hydrogen-bond donors (Lipinski definition) is 1. The Kier molecular flexibility index (Phi) is 7.45. The fourth-order valence-electron chi connectivity index (χ4n) is 4.64. The number of carbonyl (C=O) groups is 3. The van der Waals surface area contributed by atoms with Crippen LogP contribution >= 0.6 is 0 Å². The van der Waals surface area contributed by atoms with Crippen molar-refractivity contribution in [3.05, 3.63) is 54.3 Å². The minimum Gasteiger partial charge on any atom is -0.494 e. The third-order valence-electron chi connectivity index (χ3n) is 6.30. The number of rotatable bonds is 8. The van der Waals surface area contributed by atoms with Crippen molar-refractivity contribution in [1.29, 1.82) is 0 Å². The molecule has 1 aliphatic carbocycles. The summed E-state index contributed by atoms with van der Waals surface area (Å²) in [5, 5.41) is 2.82. The summed E-state index contributed by atoms with van der Waals surface area (Å²) in [6, 6.07) is 10.9. The lowest BCUT2D eigenvalue weighted by Crippen LogP contribution is -2.45. The molecule has 0 unspecified atom stereocenters. The molecule has 8 heteroatoms. The van der Waals surface area contributed by atoms with Gasteiger partial charge in [-0.1, -0.05) is 26.2 Å². The zero-order valence-electron chi connectivity index (χ0n) is 19.3. The molecule has 4 rings (SSSR count). The quantitative estimate of drug-likeness (QED) is 0.547. The number of hydrogen-bond acceptors (Lipinski definition) is 4. The molecule has 1 atom stereocenters. The highest BCUT2D eigenvalue weighted by Gasteiger charge is 2.49. The van der Waals surface area contributed by atoms with Crippen LogP contribution in [0.25, 0.3) is 0 Å². The maximum atomic E-state index is 13.4. The van der Waals surface area contributed by atoms with E-state index in [0.29, 0.717) is 18.0 Å². The topological polar surface area (TPSA) is 79.0 Å². The molecule has 0 aromatic heterocycles. The number of nitrogens with zero attached hydrogens (tertiary/aromatic N) is 2. The van der Waals surface area contributed by atoms with Gasteiger partial charge in [-0.25, -0.2) is 14.1 Å². The highest BCUT2D eigenvalue weighted by Crippen LogP contribution is 2.33. The van der Waals surface area contributed by atoms with Crippen molar-refractivity contribution in [2.75, 3.05) is 16.8 Å². The molecule has 1 saturated heterocycles. The summed E-state index contributed by atoms with van der Waals surface area (Å²) in [5.41, 5.74) is 0.896. The summed E-state index contributed by atoms with van der Waals surface area (Å²) in [5.74, 6) is -0.542. The second kappa shape index (κ2) is 10.7. The number of imide groups is 1. The lowest BCUT2D eigenvalue weighted by Gasteiger charge is -2.33.